The van der Waals surface area contributed by atoms with Crippen molar-refractivity contribution in [3.8, 4) is 11.4 Å². The number of anilines is 1. The second kappa shape index (κ2) is 7.56. The Morgan fingerprint density at radius 2 is 2.06 bits per heavy atom. The molecule has 9 nitrogen and oxygen atoms in total. The highest BCUT2D eigenvalue weighted by Crippen LogP contribution is 2.37. The normalized spacial score (nSPS) is 20.1. The lowest BCUT2D eigenvalue weighted by molar-refractivity contribution is -0.113. The molecule has 5 rings (SSSR count). The zero-order valence-electron chi connectivity index (χ0n) is 18.0. The Morgan fingerprint density at radius 3 is 2.74 bits per heavy atom. The molecule has 2 aliphatic heterocycles. The molecule has 0 N–H and O–H groups in total. The molecule has 0 saturated carbocycles. The van der Waals surface area contributed by atoms with Crippen molar-refractivity contribution in [3.05, 3.63) is 51.8 Å². The van der Waals surface area contributed by atoms with Crippen molar-refractivity contribution in [1.29, 1.82) is 0 Å². The lowest BCUT2D eigenvalue weighted by Gasteiger charge is -2.53. The van der Waals surface area contributed by atoms with Crippen LogP contribution in [0, 0.1) is 19.8 Å². The fourth-order valence-corrected chi connectivity index (χ4v) is 4.23. The van der Waals surface area contributed by atoms with Crippen molar-refractivity contribution in [2.24, 2.45) is 5.92 Å². The average molecular weight is 422 g/mol. The Morgan fingerprint density at radius 1 is 1.23 bits per heavy atom. The van der Waals surface area contributed by atoms with Crippen LogP contribution >= 0.6 is 0 Å². The summed E-state index contributed by atoms with van der Waals surface area (Å²) in [5.74, 6) is 1.26. The molecule has 0 radical (unpaired) electrons. The summed E-state index contributed by atoms with van der Waals surface area (Å²) in [7, 11) is 0. The molecule has 5 heterocycles. The van der Waals surface area contributed by atoms with E-state index in [9.17, 15) is 4.79 Å². The third-order valence-electron chi connectivity index (χ3n) is 6.28. The van der Waals surface area contributed by atoms with Crippen LogP contribution < -0.4 is 10.5 Å². The minimum absolute atomic E-state index is 0.0507. The number of ether oxygens (including phenoxy) is 1. The maximum Gasteiger partial charge on any atom is 0.269 e. The highest BCUT2D eigenvalue weighted by Gasteiger charge is 2.46. The molecular weight excluding hydrogens is 396 g/mol. The Hall–Kier alpha value is -3.07. The van der Waals surface area contributed by atoms with Gasteiger partial charge in [0, 0.05) is 24.7 Å². The molecule has 0 aromatic carbocycles. The fraction of sp³-hybridized carbons (Fsp3) is 0.500. The van der Waals surface area contributed by atoms with E-state index in [1.165, 1.54) is 11.1 Å². The van der Waals surface area contributed by atoms with Crippen molar-refractivity contribution < 1.29 is 9.26 Å². The maximum absolute atomic E-state index is 12.8. The summed E-state index contributed by atoms with van der Waals surface area (Å²) in [4.78, 5) is 14.9. The van der Waals surface area contributed by atoms with Gasteiger partial charge in [0.25, 0.3) is 5.56 Å². The fourth-order valence-electron chi connectivity index (χ4n) is 4.23. The first-order valence-corrected chi connectivity index (χ1v) is 10.6. The summed E-state index contributed by atoms with van der Waals surface area (Å²) < 4.78 is 12.9. The monoisotopic (exact) mass is 422 g/mol. The van der Waals surface area contributed by atoms with Crippen LogP contribution in [0.4, 0.5) is 5.69 Å². The van der Waals surface area contributed by atoms with Gasteiger partial charge in [0.1, 0.15) is 22.7 Å². The highest BCUT2D eigenvalue weighted by atomic mass is 16.5. The van der Waals surface area contributed by atoms with Crippen LogP contribution in [-0.4, -0.2) is 50.4 Å². The van der Waals surface area contributed by atoms with Crippen LogP contribution in [0.1, 0.15) is 36.8 Å². The van der Waals surface area contributed by atoms with Gasteiger partial charge in [-0.1, -0.05) is 12.1 Å². The van der Waals surface area contributed by atoms with Crippen molar-refractivity contribution in [1.82, 2.24) is 25.1 Å². The van der Waals surface area contributed by atoms with E-state index in [1.54, 1.807) is 12.3 Å². The molecule has 0 bridgehead atoms. The third kappa shape index (κ3) is 3.74. The largest absolute Gasteiger partial charge is 0.371 e. The molecule has 162 valence electrons. The van der Waals surface area contributed by atoms with Gasteiger partial charge in [-0.2, -0.15) is 10.2 Å². The van der Waals surface area contributed by atoms with Crippen LogP contribution in [0.15, 0.2) is 33.7 Å². The number of aromatic nitrogens is 5. The quantitative estimate of drug-likeness (QED) is 0.632. The summed E-state index contributed by atoms with van der Waals surface area (Å²) in [6.45, 7) is 8.61. The summed E-state index contributed by atoms with van der Waals surface area (Å²) in [6.07, 6.45) is 4.01. The molecule has 0 aliphatic carbocycles. The molecule has 1 unspecified atom stereocenters. The minimum atomic E-state index is -0.168. The van der Waals surface area contributed by atoms with Crippen LogP contribution in [0.25, 0.3) is 11.4 Å². The van der Waals surface area contributed by atoms with E-state index < -0.39 is 0 Å². The van der Waals surface area contributed by atoms with Gasteiger partial charge < -0.3 is 14.2 Å². The second-order valence-corrected chi connectivity index (χ2v) is 8.83. The third-order valence-corrected chi connectivity index (χ3v) is 6.28. The van der Waals surface area contributed by atoms with Crippen LogP contribution in [0.5, 0.6) is 0 Å². The lowest BCUT2D eigenvalue weighted by Crippen LogP contribution is -2.65. The zero-order valence-corrected chi connectivity index (χ0v) is 18.0. The van der Waals surface area contributed by atoms with Crippen LogP contribution in [-0.2, 0) is 11.3 Å². The Labute approximate surface area is 180 Å². The van der Waals surface area contributed by atoms with Gasteiger partial charge in [-0.25, -0.2) is 4.68 Å². The van der Waals surface area contributed by atoms with Crippen molar-refractivity contribution >= 4 is 5.69 Å². The molecule has 3 aromatic rings. The van der Waals surface area contributed by atoms with Gasteiger partial charge in [-0.05, 0) is 44.7 Å². The zero-order chi connectivity index (χ0) is 21.6. The van der Waals surface area contributed by atoms with Crippen molar-refractivity contribution in [3.63, 3.8) is 0 Å². The van der Waals surface area contributed by atoms with Crippen molar-refractivity contribution in [2.45, 2.75) is 45.8 Å². The SMILES string of the molecule is Cc1ccc(-c2noc(C)c2Cn2ncc(N3CC4(CCC(C)CO4)C3)cc2=O)nn1. The minimum Gasteiger partial charge on any atom is -0.371 e. The van der Waals surface area contributed by atoms with E-state index >= 15 is 0 Å². The smallest absolute Gasteiger partial charge is 0.269 e. The predicted molar refractivity (Wildman–Crippen MR) is 114 cm³/mol. The van der Waals surface area contributed by atoms with Gasteiger partial charge in [0.15, 0.2) is 0 Å². The van der Waals surface area contributed by atoms with Gasteiger partial charge in [0.05, 0.1) is 30.7 Å². The number of nitrogens with zero attached hydrogens (tertiary/aromatic N) is 6. The first-order valence-electron chi connectivity index (χ1n) is 10.6. The second-order valence-electron chi connectivity index (χ2n) is 8.83. The van der Waals surface area contributed by atoms with E-state index in [0.717, 1.165) is 43.1 Å². The number of aryl methyl sites for hydroxylation is 2. The molecule has 1 atom stereocenters. The molecule has 2 fully saturated rings. The number of hydrogen-bond acceptors (Lipinski definition) is 8. The Bertz CT molecular complexity index is 1140. The average Bonchev–Trinajstić information content (AvgIpc) is 3.09. The highest BCUT2D eigenvalue weighted by molar-refractivity contribution is 5.58. The summed E-state index contributed by atoms with van der Waals surface area (Å²) in [6, 6.07) is 5.35. The van der Waals surface area contributed by atoms with Gasteiger partial charge >= 0.3 is 0 Å². The summed E-state index contributed by atoms with van der Waals surface area (Å²) >= 11 is 0. The molecule has 31 heavy (non-hydrogen) atoms. The summed E-state index contributed by atoms with van der Waals surface area (Å²) in [5.41, 5.74) is 3.39. The van der Waals surface area contributed by atoms with E-state index in [4.69, 9.17) is 9.26 Å². The van der Waals surface area contributed by atoms with E-state index in [-0.39, 0.29) is 17.7 Å². The molecular formula is C22H26N6O3. The maximum atomic E-state index is 12.8. The molecule has 0 amide bonds. The number of rotatable bonds is 4. The van der Waals surface area contributed by atoms with E-state index in [1.807, 2.05) is 26.0 Å². The molecule has 2 aliphatic rings. The first kappa shape index (κ1) is 19.9. The van der Waals surface area contributed by atoms with Gasteiger partial charge in [-0.15, -0.1) is 5.10 Å². The van der Waals surface area contributed by atoms with Gasteiger partial charge in [0.2, 0.25) is 0 Å². The van der Waals surface area contributed by atoms with E-state index in [0.29, 0.717) is 23.1 Å². The topological polar surface area (TPSA) is 99.2 Å². The van der Waals surface area contributed by atoms with Crippen molar-refractivity contribution in [2.75, 3.05) is 24.6 Å². The summed E-state index contributed by atoms with van der Waals surface area (Å²) in [5, 5.41) is 16.8. The number of hydrogen-bond donors (Lipinski definition) is 0. The standard InChI is InChI=1S/C22H26N6O3/c1-14-6-7-22(30-11-14)12-27(13-22)17-8-20(29)28(23-9-17)10-18-16(3)31-26-21(18)19-5-4-15(2)24-25-19/h4-5,8-9,14H,6-7,10-13H2,1-3H3. The molecule has 2 saturated heterocycles. The molecule has 1 spiro atoms. The lowest BCUT2D eigenvalue weighted by atomic mass is 9.83. The molecule has 9 heteroatoms. The first-order chi connectivity index (χ1) is 14.9. The Kier molecular flexibility index (Phi) is 4.85. The Balaban J connectivity index is 1.33. The molecule has 3 aromatic heterocycles. The predicted octanol–water partition coefficient (Wildman–Crippen LogP) is 2.36. The van der Waals surface area contributed by atoms with E-state index in [2.05, 4.69) is 32.3 Å². The van der Waals surface area contributed by atoms with Gasteiger partial charge in [-0.3, -0.25) is 4.79 Å². The van der Waals surface area contributed by atoms with Crippen LogP contribution in [0.3, 0.4) is 0 Å². The van der Waals surface area contributed by atoms with Crippen LogP contribution in [0.2, 0.25) is 0 Å².